The minimum absolute atomic E-state index is 0.166. The maximum absolute atomic E-state index is 12.3. The van der Waals surface area contributed by atoms with Crippen molar-refractivity contribution in [1.29, 1.82) is 0 Å². The Morgan fingerprint density at radius 2 is 1.73 bits per heavy atom. The van der Waals surface area contributed by atoms with Crippen LogP contribution in [0.15, 0.2) is 48.5 Å². The van der Waals surface area contributed by atoms with Gasteiger partial charge in [-0.2, -0.15) is 0 Å². The normalized spacial score (nSPS) is 14.2. The Kier molecular flexibility index (Phi) is 5.63. The molecular weight excluding hydrogens is 354 g/mol. The lowest BCUT2D eigenvalue weighted by atomic mass is 10.2. The van der Waals surface area contributed by atoms with Crippen LogP contribution >= 0.6 is 11.6 Å². The van der Waals surface area contributed by atoms with E-state index in [9.17, 15) is 9.59 Å². The van der Waals surface area contributed by atoms with Crippen molar-refractivity contribution in [3.8, 4) is 0 Å². The largest absolute Gasteiger partial charge is 0.452 e. The highest BCUT2D eigenvalue weighted by Gasteiger charge is 2.22. The monoisotopic (exact) mass is 373 g/mol. The van der Waals surface area contributed by atoms with Crippen LogP contribution in [-0.2, 0) is 9.53 Å². The number of para-hydroxylation sites is 1. The molecular formula is C19H20ClN3O3. The van der Waals surface area contributed by atoms with Gasteiger partial charge in [-0.3, -0.25) is 4.79 Å². The molecule has 1 amide bonds. The van der Waals surface area contributed by atoms with Crippen molar-refractivity contribution >= 4 is 34.9 Å². The van der Waals surface area contributed by atoms with Crippen molar-refractivity contribution in [1.82, 2.24) is 4.90 Å². The van der Waals surface area contributed by atoms with Gasteiger partial charge in [-0.15, -0.1) is 0 Å². The summed E-state index contributed by atoms with van der Waals surface area (Å²) in [6, 6.07) is 14.6. The molecule has 2 N–H and O–H groups in total. The number of hydrogen-bond acceptors (Lipinski definition) is 5. The summed E-state index contributed by atoms with van der Waals surface area (Å²) < 4.78 is 5.11. The minimum atomic E-state index is -0.652. The number of rotatable bonds is 4. The molecule has 1 aliphatic rings. The summed E-state index contributed by atoms with van der Waals surface area (Å²) in [5.41, 5.74) is 7.32. The van der Waals surface area contributed by atoms with E-state index in [1.54, 1.807) is 11.0 Å². The highest BCUT2D eigenvalue weighted by atomic mass is 35.5. The van der Waals surface area contributed by atoms with Crippen molar-refractivity contribution in [3.05, 3.63) is 59.1 Å². The van der Waals surface area contributed by atoms with Crippen LogP contribution in [0.25, 0.3) is 0 Å². The van der Waals surface area contributed by atoms with Gasteiger partial charge in [0.05, 0.1) is 5.56 Å². The molecule has 1 saturated heterocycles. The maximum atomic E-state index is 12.3. The summed E-state index contributed by atoms with van der Waals surface area (Å²) in [7, 11) is 0. The minimum Gasteiger partial charge on any atom is -0.452 e. The van der Waals surface area contributed by atoms with Crippen molar-refractivity contribution in [3.63, 3.8) is 0 Å². The molecule has 0 spiro atoms. The van der Waals surface area contributed by atoms with Crippen LogP contribution in [0.4, 0.5) is 11.4 Å². The summed E-state index contributed by atoms with van der Waals surface area (Å²) >= 11 is 5.87. The number of nitrogens with two attached hydrogens (primary N) is 1. The fourth-order valence-corrected chi connectivity index (χ4v) is 3.03. The van der Waals surface area contributed by atoms with Crippen molar-refractivity contribution in [2.24, 2.45) is 0 Å². The van der Waals surface area contributed by atoms with Gasteiger partial charge in [-0.05, 0) is 30.3 Å². The molecule has 136 valence electrons. The zero-order valence-electron chi connectivity index (χ0n) is 14.2. The Balaban J connectivity index is 1.50. The van der Waals surface area contributed by atoms with Gasteiger partial charge in [0, 0.05) is 42.6 Å². The van der Waals surface area contributed by atoms with E-state index in [1.165, 1.54) is 12.1 Å². The Hall–Kier alpha value is -2.73. The number of piperazine rings is 1. The summed E-state index contributed by atoms with van der Waals surface area (Å²) in [6.45, 7) is 2.35. The van der Waals surface area contributed by atoms with E-state index in [4.69, 9.17) is 22.1 Å². The van der Waals surface area contributed by atoms with E-state index in [0.717, 1.165) is 18.8 Å². The van der Waals surface area contributed by atoms with E-state index < -0.39 is 5.97 Å². The zero-order chi connectivity index (χ0) is 18.5. The maximum Gasteiger partial charge on any atom is 0.340 e. The van der Waals surface area contributed by atoms with E-state index >= 15 is 0 Å². The van der Waals surface area contributed by atoms with Crippen LogP contribution in [0.3, 0.4) is 0 Å². The average molecular weight is 374 g/mol. The zero-order valence-corrected chi connectivity index (χ0v) is 15.0. The molecule has 7 heteroatoms. The third-order valence-corrected chi connectivity index (χ3v) is 4.55. The third-order valence-electron chi connectivity index (χ3n) is 4.32. The molecule has 0 aliphatic carbocycles. The predicted octanol–water partition coefficient (Wildman–Crippen LogP) is 2.43. The van der Waals surface area contributed by atoms with Gasteiger partial charge in [-0.1, -0.05) is 29.8 Å². The first-order valence-corrected chi connectivity index (χ1v) is 8.72. The third kappa shape index (κ3) is 4.26. The molecule has 6 nitrogen and oxygen atoms in total. The van der Waals surface area contributed by atoms with Gasteiger partial charge < -0.3 is 20.3 Å². The molecule has 1 aliphatic heterocycles. The lowest BCUT2D eigenvalue weighted by Gasteiger charge is -2.36. The molecule has 0 saturated carbocycles. The number of carbonyl (C=O) groups excluding carboxylic acids is 2. The number of hydrogen-bond donors (Lipinski definition) is 1. The fourth-order valence-electron chi connectivity index (χ4n) is 2.85. The first-order chi connectivity index (χ1) is 12.5. The number of halogens is 1. The van der Waals surface area contributed by atoms with Gasteiger partial charge in [0.1, 0.15) is 0 Å². The van der Waals surface area contributed by atoms with Crippen molar-refractivity contribution in [2.45, 2.75) is 0 Å². The van der Waals surface area contributed by atoms with E-state index in [0.29, 0.717) is 18.1 Å². The number of nitrogen functional groups attached to an aromatic ring is 1. The van der Waals surface area contributed by atoms with Crippen molar-refractivity contribution < 1.29 is 14.3 Å². The molecule has 1 heterocycles. The second kappa shape index (κ2) is 8.10. The van der Waals surface area contributed by atoms with E-state index in [1.807, 2.05) is 18.2 Å². The molecule has 2 aromatic rings. The molecule has 2 aromatic carbocycles. The van der Waals surface area contributed by atoms with Crippen LogP contribution in [0.2, 0.25) is 5.02 Å². The molecule has 0 radical (unpaired) electrons. The van der Waals surface area contributed by atoms with Crippen LogP contribution < -0.4 is 10.6 Å². The molecule has 0 atom stereocenters. The fraction of sp³-hybridized carbons (Fsp3) is 0.263. The highest BCUT2D eigenvalue weighted by Crippen LogP contribution is 2.19. The standard InChI is InChI=1S/C19H20ClN3O3/c20-14-6-7-17(21)16(12-14)19(25)26-13-18(24)23-10-8-22(9-11-23)15-4-2-1-3-5-15/h1-7,12H,8-11,13,21H2. The number of carbonyl (C=O) groups is 2. The SMILES string of the molecule is Nc1ccc(Cl)cc1C(=O)OCC(=O)N1CCN(c2ccccc2)CC1. The Labute approximate surface area is 157 Å². The molecule has 26 heavy (non-hydrogen) atoms. The van der Waals surface area contributed by atoms with Gasteiger partial charge >= 0.3 is 5.97 Å². The topological polar surface area (TPSA) is 75.9 Å². The van der Waals surface area contributed by atoms with Crippen molar-refractivity contribution in [2.75, 3.05) is 43.4 Å². The highest BCUT2D eigenvalue weighted by molar-refractivity contribution is 6.31. The van der Waals surface area contributed by atoms with Gasteiger partial charge in [0.2, 0.25) is 0 Å². The van der Waals surface area contributed by atoms with Gasteiger partial charge in [-0.25, -0.2) is 4.79 Å². The number of esters is 1. The van der Waals surface area contributed by atoms with Gasteiger partial charge in [0.25, 0.3) is 5.91 Å². The quantitative estimate of drug-likeness (QED) is 0.658. The summed E-state index contributed by atoms with van der Waals surface area (Å²) in [6.07, 6.45) is 0. The number of nitrogens with zero attached hydrogens (tertiary/aromatic N) is 2. The van der Waals surface area contributed by atoms with Crippen LogP contribution in [0.1, 0.15) is 10.4 Å². The molecule has 1 fully saturated rings. The Morgan fingerprint density at radius 3 is 2.42 bits per heavy atom. The van der Waals surface area contributed by atoms with Crippen LogP contribution in [0, 0.1) is 0 Å². The smallest absolute Gasteiger partial charge is 0.340 e. The lowest BCUT2D eigenvalue weighted by molar-refractivity contribution is -0.134. The van der Waals surface area contributed by atoms with Crippen LogP contribution in [0.5, 0.6) is 0 Å². The Bertz CT molecular complexity index is 790. The summed E-state index contributed by atoms with van der Waals surface area (Å²) in [4.78, 5) is 28.3. The predicted molar refractivity (Wildman–Crippen MR) is 101 cm³/mol. The number of ether oxygens (including phenoxy) is 1. The summed E-state index contributed by atoms with van der Waals surface area (Å²) in [5, 5.41) is 0.384. The lowest BCUT2D eigenvalue weighted by Crippen LogP contribution is -2.49. The van der Waals surface area contributed by atoms with E-state index in [-0.39, 0.29) is 23.8 Å². The first-order valence-electron chi connectivity index (χ1n) is 8.34. The first kappa shape index (κ1) is 18.1. The molecule has 0 unspecified atom stereocenters. The summed E-state index contributed by atoms with van der Waals surface area (Å²) in [5.74, 6) is -0.868. The number of anilines is 2. The van der Waals surface area contributed by atoms with Gasteiger partial charge in [0.15, 0.2) is 6.61 Å². The number of amides is 1. The van der Waals surface area contributed by atoms with E-state index in [2.05, 4.69) is 17.0 Å². The number of benzene rings is 2. The molecule has 3 rings (SSSR count). The van der Waals surface area contributed by atoms with Crippen LogP contribution in [-0.4, -0.2) is 49.6 Å². The second-order valence-corrected chi connectivity index (χ2v) is 6.45. The molecule has 0 bridgehead atoms. The molecule has 0 aromatic heterocycles. The second-order valence-electron chi connectivity index (χ2n) is 6.01. The average Bonchev–Trinajstić information content (AvgIpc) is 2.68. The Morgan fingerprint density at radius 1 is 1.04 bits per heavy atom.